The quantitative estimate of drug-likeness (QED) is 0.885. The highest BCUT2D eigenvalue weighted by molar-refractivity contribution is 5.79. The van der Waals surface area contributed by atoms with Crippen LogP contribution in [-0.2, 0) is 17.9 Å². The molecule has 1 N–H and O–H groups in total. The van der Waals surface area contributed by atoms with Gasteiger partial charge in [-0.15, -0.1) is 0 Å². The molecule has 0 unspecified atom stereocenters. The summed E-state index contributed by atoms with van der Waals surface area (Å²) < 4.78 is 13.6. The zero-order valence-electron chi connectivity index (χ0n) is 11.6. The van der Waals surface area contributed by atoms with Crippen molar-refractivity contribution >= 4 is 5.91 Å². The molecule has 0 aromatic heterocycles. The second kappa shape index (κ2) is 6.15. The topological polar surface area (TPSA) is 32.3 Å². The molecule has 0 bridgehead atoms. The summed E-state index contributed by atoms with van der Waals surface area (Å²) in [4.78, 5) is 13.7. The van der Waals surface area contributed by atoms with Crippen LogP contribution in [0.1, 0.15) is 30.4 Å². The van der Waals surface area contributed by atoms with E-state index in [1.165, 1.54) is 6.07 Å². The Balaban J connectivity index is 1.94. The van der Waals surface area contributed by atoms with Gasteiger partial charge < -0.3 is 10.2 Å². The standard InChI is InChI=1S/C15H21FN2O/c1-18(2)10-13-8-11(6-7-14(13)16)9-17-15(19)12-4-3-5-12/h6-8,12H,3-5,9-10H2,1-2H3,(H,17,19). The molecule has 1 amide bonds. The lowest BCUT2D eigenvalue weighted by Crippen LogP contribution is -2.34. The van der Waals surface area contributed by atoms with E-state index in [0.29, 0.717) is 18.7 Å². The van der Waals surface area contributed by atoms with Crippen molar-refractivity contribution in [1.29, 1.82) is 0 Å². The van der Waals surface area contributed by atoms with Crippen molar-refractivity contribution in [2.24, 2.45) is 5.92 Å². The first-order valence-electron chi connectivity index (χ1n) is 6.76. The van der Waals surface area contributed by atoms with Crippen LogP contribution in [0.4, 0.5) is 4.39 Å². The Kier molecular flexibility index (Phi) is 4.53. The summed E-state index contributed by atoms with van der Waals surface area (Å²) in [5, 5.41) is 2.93. The second-order valence-electron chi connectivity index (χ2n) is 5.51. The largest absolute Gasteiger partial charge is 0.352 e. The lowest BCUT2D eigenvalue weighted by molar-refractivity contribution is -0.127. The van der Waals surface area contributed by atoms with Gasteiger partial charge in [0.05, 0.1) is 0 Å². The van der Waals surface area contributed by atoms with E-state index in [0.717, 1.165) is 24.8 Å². The van der Waals surface area contributed by atoms with Crippen LogP contribution >= 0.6 is 0 Å². The Morgan fingerprint density at radius 3 is 2.74 bits per heavy atom. The van der Waals surface area contributed by atoms with Gasteiger partial charge in [0.1, 0.15) is 5.82 Å². The van der Waals surface area contributed by atoms with Gasteiger partial charge in [-0.25, -0.2) is 4.39 Å². The highest BCUT2D eigenvalue weighted by atomic mass is 19.1. The van der Waals surface area contributed by atoms with Crippen molar-refractivity contribution in [3.05, 3.63) is 35.1 Å². The lowest BCUT2D eigenvalue weighted by Gasteiger charge is -2.24. The predicted molar refractivity (Wildman–Crippen MR) is 73.0 cm³/mol. The van der Waals surface area contributed by atoms with Gasteiger partial charge in [-0.3, -0.25) is 4.79 Å². The smallest absolute Gasteiger partial charge is 0.223 e. The Morgan fingerprint density at radius 1 is 1.42 bits per heavy atom. The van der Waals surface area contributed by atoms with E-state index in [-0.39, 0.29) is 17.6 Å². The van der Waals surface area contributed by atoms with Gasteiger partial charge in [0.25, 0.3) is 0 Å². The van der Waals surface area contributed by atoms with Gasteiger partial charge in [0.15, 0.2) is 0 Å². The van der Waals surface area contributed by atoms with Crippen molar-refractivity contribution in [2.45, 2.75) is 32.4 Å². The first-order chi connectivity index (χ1) is 9.06. The Labute approximate surface area is 113 Å². The number of hydrogen-bond donors (Lipinski definition) is 1. The molecule has 1 saturated carbocycles. The van der Waals surface area contributed by atoms with E-state index >= 15 is 0 Å². The number of hydrogen-bond acceptors (Lipinski definition) is 2. The molecule has 0 radical (unpaired) electrons. The summed E-state index contributed by atoms with van der Waals surface area (Å²) in [6.07, 6.45) is 3.16. The number of carbonyl (C=O) groups is 1. The van der Waals surface area contributed by atoms with E-state index in [1.807, 2.05) is 25.1 Å². The van der Waals surface area contributed by atoms with E-state index in [9.17, 15) is 9.18 Å². The van der Waals surface area contributed by atoms with Gasteiger partial charge in [-0.05, 0) is 44.6 Å². The fourth-order valence-electron chi connectivity index (χ4n) is 2.20. The summed E-state index contributed by atoms with van der Waals surface area (Å²) in [5.74, 6) is 0.134. The fraction of sp³-hybridized carbons (Fsp3) is 0.533. The van der Waals surface area contributed by atoms with Crippen LogP contribution in [0.5, 0.6) is 0 Å². The molecule has 104 valence electrons. The molecule has 1 aromatic rings. The van der Waals surface area contributed by atoms with E-state index in [1.54, 1.807) is 6.07 Å². The predicted octanol–water partition coefficient (Wildman–Crippen LogP) is 2.30. The van der Waals surface area contributed by atoms with Crippen LogP contribution < -0.4 is 5.32 Å². The zero-order chi connectivity index (χ0) is 13.8. The van der Waals surface area contributed by atoms with Crippen LogP contribution in [0.3, 0.4) is 0 Å². The van der Waals surface area contributed by atoms with Gasteiger partial charge in [-0.1, -0.05) is 12.5 Å². The van der Waals surface area contributed by atoms with Crippen LogP contribution in [-0.4, -0.2) is 24.9 Å². The molecule has 0 spiro atoms. The molecular weight excluding hydrogens is 243 g/mol. The summed E-state index contributed by atoms with van der Waals surface area (Å²) >= 11 is 0. The Morgan fingerprint density at radius 2 is 2.16 bits per heavy atom. The van der Waals surface area contributed by atoms with E-state index in [4.69, 9.17) is 0 Å². The maximum atomic E-state index is 13.6. The van der Waals surface area contributed by atoms with Crippen molar-refractivity contribution in [3.63, 3.8) is 0 Å². The normalized spacial score (nSPS) is 15.4. The Bertz CT molecular complexity index is 455. The summed E-state index contributed by atoms with van der Waals surface area (Å²) in [5.41, 5.74) is 1.62. The molecule has 1 aromatic carbocycles. The summed E-state index contributed by atoms with van der Waals surface area (Å²) in [6, 6.07) is 5.04. The molecule has 19 heavy (non-hydrogen) atoms. The van der Waals surface area contributed by atoms with Crippen LogP contribution in [0.15, 0.2) is 18.2 Å². The molecule has 4 heteroatoms. The monoisotopic (exact) mass is 264 g/mol. The third-order valence-electron chi connectivity index (χ3n) is 3.54. The number of carbonyl (C=O) groups excluding carboxylic acids is 1. The molecule has 1 fully saturated rings. The zero-order valence-corrected chi connectivity index (χ0v) is 11.6. The average Bonchev–Trinajstić information content (AvgIpc) is 2.27. The van der Waals surface area contributed by atoms with E-state index in [2.05, 4.69) is 5.32 Å². The lowest BCUT2D eigenvalue weighted by atomic mass is 9.85. The van der Waals surface area contributed by atoms with Crippen molar-refractivity contribution in [3.8, 4) is 0 Å². The van der Waals surface area contributed by atoms with Crippen molar-refractivity contribution < 1.29 is 9.18 Å². The number of rotatable bonds is 5. The Hall–Kier alpha value is -1.42. The van der Waals surface area contributed by atoms with Gasteiger partial charge in [0, 0.05) is 24.6 Å². The molecule has 1 aliphatic carbocycles. The molecule has 1 aliphatic rings. The number of nitrogens with one attached hydrogen (secondary N) is 1. The number of nitrogens with zero attached hydrogens (tertiary/aromatic N) is 1. The van der Waals surface area contributed by atoms with Gasteiger partial charge in [-0.2, -0.15) is 0 Å². The molecule has 0 atom stereocenters. The first kappa shape index (κ1) is 14.0. The fourth-order valence-corrected chi connectivity index (χ4v) is 2.20. The molecular formula is C15H21FN2O. The third kappa shape index (κ3) is 3.77. The second-order valence-corrected chi connectivity index (χ2v) is 5.51. The van der Waals surface area contributed by atoms with Crippen molar-refractivity contribution in [2.75, 3.05) is 14.1 Å². The first-order valence-corrected chi connectivity index (χ1v) is 6.76. The summed E-state index contributed by atoms with van der Waals surface area (Å²) in [7, 11) is 3.81. The van der Waals surface area contributed by atoms with Gasteiger partial charge in [0.2, 0.25) is 5.91 Å². The molecule has 2 rings (SSSR count). The molecule has 3 nitrogen and oxygen atoms in total. The number of halogens is 1. The van der Waals surface area contributed by atoms with Crippen LogP contribution in [0.2, 0.25) is 0 Å². The minimum atomic E-state index is -0.192. The van der Waals surface area contributed by atoms with Crippen LogP contribution in [0.25, 0.3) is 0 Å². The number of benzene rings is 1. The maximum Gasteiger partial charge on any atom is 0.223 e. The number of amides is 1. The highest BCUT2D eigenvalue weighted by Crippen LogP contribution is 2.26. The van der Waals surface area contributed by atoms with E-state index < -0.39 is 0 Å². The van der Waals surface area contributed by atoms with Crippen LogP contribution in [0, 0.1) is 11.7 Å². The average molecular weight is 264 g/mol. The minimum absolute atomic E-state index is 0.129. The SMILES string of the molecule is CN(C)Cc1cc(CNC(=O)C2CCC2)ccc1F. The van der Waals surface area contributed by atoms with Gasteiger partial charge >= 0.3 is 0 Å². The maximum absolute atomic E-state index is 13.6. The molecule has 0 heterocycles. The third-order valence-corrected chi connectivity index (χ3v) is 3.54. The van der Waals surface area contributed by atoms with Crippen molar-refractivity contribution in [1.82, 2.24) is 10.2 Å². The minimum Gasteiger partial charge on any atom is -0.352 e. The molecule has 0 aliphatic heterocycles. The summed E-state index contributed by atoms with van der Waals surface area (Å²) in [6.45, 7) is 1.05. The highest BCUT2D eigenvalue weighted by Gasteiger charge is 2.24. The molecule has 0 saturated heterocycles.